The maximum atomic E-state index is 12.0. The number of hydrogen-bond donors (Lipinski definition) is 2. The number of nitrogens with two attached hydrogens (primary N) is 1. The summed E-state index contributed by atoms with van der Waals surface area (Å²) in [5.74, 6) is -1.05. The first-order chi connectivity index (χ1) is 9.99. The van der Waals surface area contributed by atoms with E-state index in [-0.39, 0.29) is 10.6 Å². The van der Waals surface area contributed by atoms with Crippen LogP contribution < -0.4 is 11.1 Å². The smallest absolute Gasteiger partial charge is 0.343 e. The molecule has 3 N–H and O–H groups in total. The van der Waals surface area contributed by atoms with E-state index in [4.69, 9.17) is 10.5 Å². The van der Waals surface area contributed by atoms with Crippen LogP contribution in [0.2, 0.25) is 0 Å². The van der Waals surface area contributed by atoms with Crippen molar-refractivity contribution in [3.05, 3.63) is 41.6 Å². The number of carbonyl (C=O) groups excluding carboxylic acids is 2. The molecule has 6 nitrogen and oxygen atoms in total. The third kappa shape index (κ3) is 3.57. The molecule has 0 fully saturated rings. The van der Waals surface area contributed by atoms with Gasteiger partial charge in [-0.15, -0.1) is 0 Å². The molecule has 21 heavy (non-hydrogen) atoms. The number of benzene rings is 1. The molecule has 7 heteroatoms. The van der Waals surface area contributed by atoms with Crippen molar-refractivity contribution >= 4 is 34.1 Å². The van der Waals surface area contributed by atoms with Gasteiger partial charge in [0.2, 0.25) is 0 Å². The van der Waals surface area contributed by atoms with Gasteiger partial charge in [-0.25, -0.2) is 4.79 Å². The molecule has 0 bridgehead atoms. The lowest BCUT2D eigenvalue weighted by Crippen LogP contribution is -2.30. The number of anilines is 2. The van der Waals surface area contributed by atoms with Gasteiger partial charge in [-0.2, -0.15) is 4.37 Å². The molecule has 1 aromatic heterocycles. The largest absolute Gasteiger partial charge is 0.449 e. The Morgan fingerprint density at radius 2 is 2.00 bits per heavy atom. The van der Waals surface area contributed by atoms with Crippen molar-refractivity contribution in [1.29, 1.82) is 0 Å². The number of rotatable bonds is 4. The van der Waals surface area contributed by atoms with E-state index in [0.29, 0.717) is 11.4 Å². The number of amides is 1. The molecule has 0 unspecified atom stereocenters. The minimum absolute atomic E-state index is 0.222. The van der Waals surface area contributed by atoms with E-state index in [2.05, 4.69) is 9.69 Å². The maximum Gasteiger partial charge on any atom is 0.343 e. The summed E-state index contributed by atoms with van der Waals surface area (Å²) in [6.07, 6.45) is -0.934. The molecule has 0 spiro atoms. The number of esters is 1. The minimum Gasteiger partial charge on any atom is -0.449 e. The molecule has 0 aliphatic carbocycles. The van der Waals surface area contributed by atoms with Gasteiger partial charge in [-0.3, -0.25) is 4.79 Å². The molecular weight excluding hydrogens is 290 g/mol. The molecule has 0 aliphatic heterocycles. The highest BCUT2D eigenvalue weighted by Crippen LogP contribution is 2.22. The molecule has 2 rings (SSSR count). The van der Waals surface area contributed by atoms with Crippen LogP contribution in [0.1, 0.15) is 23.0 Å². The van der Waals surface area contributed by atoms with Gasteiger partial charge in [0, 0.05) is 5.69 Å². The highest BCUT2D eigenvalue weighted by Gasteiger charge is 2.23. The SMILES string of the molecule is Cc1nsc(N)c1C(=O)O[C@H](C)C(=O)Nc1ccccc1. The zero-order valence-corrected chi connectivity index (χ0v) is 12.4. The van der Waals surface area contributed by atoms with E-state index in [1.807, 2.05) is 6.07 Å². The number of hydrogen-bond acceptors (Lipinski definition) is 6. The van der Waals surface area contributed by atoms with Crippen molar-refractivity contribution in [2.45, 2.75) is 20.0 Å². The first-order valence-corrected chi connectivity index (χ1v) is 7.05. The monoisotopic (exact) mass is 305 g/mol. The fraction of sp³-hybridized carbons (Fsp3) is 0.214. The lowest BCUT2D eigenvalue weighted by molar-refractivity contribution is -0.123. The van der Waals surface area contributed by atoms with Crippen LogP contribution in [-0.2, 0) is 9.53 Å². The van der Waals surface area contributed by atoms with Gasteiger partial charge in [0.25, 0.3) is 5.91 Å². The number of nitrogens with zero attached hydrogens (tertiary/aromatic N) is 1. The highest BCUT2D eigenvalue weighted by atomic mass is 32.1. The number of nitrogen functional groups attached to an aromatic ring is 1. The van der Waals surface area contributed by atoms with E-state index >= 15 is 0 Å². The van der Waals surface area contributed by atoms with Crippen molar-refractivity contribution in [1.82, 2.24) is 4.37 Å². The normalized spacial score (nSPS) is 11.7. The molecule has 1 aromatic carbocycles. The van der Waals surface area contributed by atoms with Crippen LogP contribution in [0.25, 0.3) is 0 Å². The van der Waals surface area contributed by atoms with Gasteiger partial charge in [-0.1, -0.05) is 18.2 Å². The molecule has 0 aliphatic rings. The Hall–Kier alpha value is -2.41. The maximum absolute atomic E-state index is 12.0. The predicted octanol–water partition coefficient (Wildman–Crippen LogP) is 2.22. The minimum atomic E-state index is -0.934. The summed E-state index contributed by atoms with van der Waals surface area (Å²) in [4.78, 5) is 24.0. The second-order valence-electron chi connectivity index (χ2n) is 4.41. The van der Waals surface area contributed by atoms with E-state index in [1.165, 1.54) is 6.92 Å². The highest BCUT2D eigenvalue weighted by molar-refractivity contribution is 7.10. The van der Waals surface area contributed by atoms with Crippen LogP contribution in [-0.4, -0.2) is 22.4 Å². The fourth-order valence-electron chi connectivity index (χ4n) is 1.67. The summed E-state index contributed by atoms with van der Waals surface area (Å²) < 4.78 is 9.10. The number of para-hydroxylation sites is 1. The Bertz CT molecular complexity index is 635. The summed E-state index contributed by atoms with van der Waals surface area (Å²) in [7, 11) is 0. The quantitative estimate of drug-likeness (QED) is 0.845. The van der Waals surface area contributed by atoms with Crippen molar-refractivity contribution in [2.24, 2.45) is 0 Å². The van der Waals surface area contributed by atoms with E-state index in [9.17, 15) is 9.59 Å². The van der Waals surface area contributed by atoms with Crippen molar-refractivity contribution < 1.29 is 14.3 Å². The number of aromatic nitrogens is 1. The lowest BCUT2D eigenvalue weighted by Gasteiger charge is -2.13. The molecule has 2 aromatic rings. The Kier molecular flexibility index (Phi) is 4.54. The second-order valence-corrected chi connectivity index (χ2v) is 5.22. The van der Waals surface area contributed by atoms with Crippen molar-refractivity contribution in [2.75, 3.05) is 11.1 Å². The summed E-state index contributed by atoms with van der Waals surface area (Å²) in [5, 5.41) is 2.95. The number of nitrogens with one attached hydrogen (secondary N) is 1. The Morgan fingerprint density at radius 1 is 1.33 bits per heavy atom. The molecule has 0 saturated heterocycles. The number of aryl methyl sites for hydroxylation is 1. The van der Waals surface area contributed by atoms with Crippen LogP contribution in [0.5, 0.6) is 0 Å². The number of carbonyl (C=O) groups is 2. The van der Waals surface area contributed by atoms with Gasteiger partial charge in [0.1, 0.15) is 10.6 Å². The van der Waals surface area contributed by atoms with Crippen LogP contribution in [0.3, 0.4) is 0 Å². The predicted molar refractivity (Wildman–Crippen MR) is 81.2 cm³/mol. The van der Waals surface area contributed by atoms with Gasteiger partial charge in [0.05, 0.1) is 5.69 Å². The molecule has 1 amide bonds. The topological polar surface area (TPSA) is 94.3 Å². The second kappa shape index (κ2) is 6.36. The average Bonchev–Trinajstić information content (AvgIpc) is 2.79. The molecule has 1 atom stereocenters. The van der Waals surface area contributed by atoms with E-state index in [0.717, 1.165) is 11.5 Å². The van der Waals surface area contributed by atoms with E-state index in [1.54, 1.807) is 31.2 Å². The third-order valence-electron chi connectivity index (χ3n) is 2.79. The summed E-state index contributed by atoms with van der Waals surface area (Å²) in [5.41, 5.74) is 7.03. The van der Waals surface area contributed by atoms with Crippen molar-refractivity contribution in [3.63, 3.8) is 0 Å². The molecule has 110 valence electrons. The molecule has 1 heterocycles. The molecular formula is C14H15N3O3S. The Morgan fingerprint density at radius 3 is 2.57 bits per heavy atom. The third-order valence-corrected chi connectivity index (χ3v) is 3.55. The van der Waals surface area contributed by atoms with Crippen LogP contribution in [0.15, 0.2) is 30.3 Å². The van der Waals surface area contributed by atoms with Gasteiger partial charge in [0.15, 0.2) is 6.10 Å². The molecule has 0 saturated carbocycles. The number of ether oxygens (including phenoxy) is 1. The Balaban J connectivity index is 1.99. The molecule has 0 radical (unpaired) electrons. The van der Waals surface area contributed by atoms with Crippen LogP contribution >= 0.6 is 11.5 Å². The standard InChI is InChI=1S/C14H15N3O3S/c1-8-11(12(15)21-17-8)14(19)20-9(2)13(18)16-10-6-4-3-5-7-10/h3-7,9H,15H2,1-2H3,(H,16,18)/t9-/m1/s1. The summed E-state index contributed by atoms with van der Waals surface area (Å²) in [6, 6.07) is 8.93. The van der Waals surface area contributed by atoms with Gasteiger partial charge in [-0.05, 0) is 37.5 Å². The Labute approximate surface area is 126 Å². The van der Waals surface area contributed by atoms with Crippen molar-refractivity contribution in [3.8, 4) is 0 Å². The van der Waals surface area contributed by atoms with Crippen LogP contribution in [0, 0.1) is 6.92 Å². The first-order valence-electron chi connectivity index (χ1n) is 6.27. The summed E-state index contributed by atoms with van der Waals surface area (Å²) >= 11 is 1.02. The summed E-state index contributed by atoms with van der Waals surface area (Å²) in [6.45, 7) is 3.17. The lowest BCUT2D eigenvalue weighted by atomic mass is 10.2. The average molecular weight is 305 g/mol. The van der Waals surface area contributed by atoms with Crippen LogP contribution in [0.4, 0.5) is 10.7 Å². The first kappa shape index (κ1) is 15.0. The van der Waals surface area contributed by atoms with Gasteiger partial charge < -0.3 is 15.8 Å². The fourth-order valence-corrected chi connectivity index (χ4v) is 2.32. The zero-order chi connectivity index (χ0) is 15.4. The van der Waals surface area contributed by atoms with Gasteiger partial charge >= 0.3 is 5.97 Å². The van der Waals surface area contributed by atoms with E-state index < -0.39 is 18.0 Å². The zero-order valence-electron chi connectivity index (χ0n) is 11.6.